The average Bonchev–Trinajstić information content (AvgIpc) is 2.96. The van der Waals surface area contributed by atoms with Crippen LogP contribution in [0.25, 0.3) is 0 Å². The number of furan rings is 1. The first kappa shape index (κ1) is 14.5. The summed E-state index contributed by atoms with van der Waals surface area (Å²) >= 11 is 0. The molecule has 1 heterocycles. The molecule has 0 aliphatic heterocycles. The molecule has 7 heteroatoms. The predicted octanol–water partition coefficient (Wildman–Crippen LogP) is 1.86. The van der Waals surface area contributed by atoms with Crippen molar-refractivity contribution in [2.75, 3.05) is 13.2 Å². The number of aliphatic hydroxyl groups excluding tert-OH is 1. The number of nitrogens with one attached hydrogen (secondary N) is 1. The van der Waals surface area contributed by atoms with Crippen LogP contribution >= 0.6 is 0 Å². The number of carbonyl (C=O) groups excluding carboxylic acids is 1. The SMILES string of the molecule is O=C(NCC1(CO)CCCCC1)c1ccc([N+](=O)[O-])o1. The third kappa shape index (κ3) is 3.16. The third-order valence-electron chi connectivity index (χ3n) is 3.87. The molecule has 0 atom stereocenters. The molecule has 110 valence electrons. The van der Waals surface area contributed by atoms with Gasteiger partial charge in [0.2, 0.25) is 0 Å². The molecule has 20 heavy (non-hydrogen) atoms. The Morgan fingerprint density at radius 3 is 2.65 bits per heavy atom. The van der Waals surface area contributed by atoms with Crippen molar-refractivity contribution in [2.24, 2.45) is 5.41 Å². The summed E-state index contributed by atoms with van der Waals surface area (Å²) in [7, 11) is 0. The zero-order valence-corrected chi connectivity index (χ0v) is 11.1. The predicted molar refractivity (Wildman–Crippen MR) is 70.3 cm³/mol. The molecule has 1 aromatic heterocycles. The van der Waals surface area contributed by atoms with E-state index in [2.05, 4.69) is 5.32 Å². The fourth-order valence-electron chi connectivity index (χ4n) is 2.60. The smallest absolute Gasteiger partial charge is 0.396 e. The lowest BCUT2D eigenvalue weighted by Gasteiger charge is -2.35. The van der Waals surface area contributed by atoms with Crippen molar-refractivity contribution in [2.45, 2.75) is 32.1 Å². The summed E-state index contributed by atoms with van der Waals surface area (Å²) in [4.78, 5) is 21.7. The first-order valence-corrected chi connectivity index (χ1v) is 6.70. The lowest BCUT2D eigenvalue weighted by atomic mass is 9.74. The minimum Gasteiger partial charge on any atom is -0.396 e. The maximum Gasteiger partial charge on any atom is 0.433 e. The zero-order valence-electron chi connectivity index (χ0n) is 11.1. The van der Waals surface area contributed by atoms with E-state index in [1.165, 1.54) is 6.07 Å². The highest BCUT2D eigenvalue weighted by atomic mass is 16.6. The van der Waals surface area contributed by atoms with E-state index in [4.69, 9.17) is 4.42 Å². The molecule has 1 aliphatic carbocycles. The van der Waals surface area contributed by atoms with Crippen LogP contribution in [0.2, 0.25) is 0 Å². The number of nitrogens with zero attached hydrogens (tertiary/aromatic N) is 1. The molecule has 0 bridgehead atoms. The summed E-state index contributed by atoms with van der Waals surface area (Å²) in [5.41, 5.74) is -0.271. The van der Waals surface area contributed by atoms with Crippen molar-refractivity contribution in [1.82, 2.24) is 5.32 Å². The van der Waals surface area contributed by atoms with E-state index in [9.17, 15) is 20.0 Å². The highest BCUT2D eigenvalue weighted by Crippen LogP contribution is 2.35. The van der Waals surface area contributed by atoms with Gasteiger partial charge in [0.1, 0.15) is 4.92 Å². The summed E-state index contributed by atoms with van der Waals surface area (Å²) in [6, 6.07) is 2.43. The van der Waals surface area contributed by atoms with Crippen LogP contribution in [0.5, 0.6) is 0 Å². The Morgan fingerprint density at radius 1 is 1.40 bits per heavy atom. The lowest BCUT2D eigenvalue weighted by Crippen LogP contribution is -2.41. The highest BCUT2D eigenvalue weighted by Gasteiger charge is 2.32. The Morgan fingerprint density at radius 2 is 2.10 bits per heavy atom. The van der Waals surface area contributed by atoms with Crippen LogP contribution in [0.1, 0.15) is 42.7 Å². The van der Waals surface area contributed by atoms with Crippen molar-refractivity contribution >= 4 is 11.8 Å². The van der Waals surface area contributed by atoms with E-state index in [-0.39, 0.29) is 17.8 Å². The monoisotopic (exact) mass is 282 g/mol. The zero-order chi connectivity index (χ0) is 14.6. The first-order chi connectivity index (χ1) is 9.56. The lowest BCUT2D eigenvalue weighted by molar-refractivity contribution is -0.402. The van der Waals surface area contributed by atoms with Gasteiger partial charge in [0.05, 0.1) is 12.7 Å². The number of carbonyl (C=O) groups is 1. The van der Waals surface area contributed by atoms with Crippen molar-refractivity contribution < 1.29 is 19.2 Å². The second-order valence-electron chi connectivity index (χ2n) is 5.30. The minimum atomic E-state index is -0.687. The number of amides is 1. The van der Waals surface area contributed by atoms with Crippen molar-refractivity contribution in [3.05, 3.63) is 28.0 Å². The molecule has 1 fully saturated rings. The molecule has 0 aromatic carbocycles. The largest absolute Gasteiger partial charge is 0.433 e. The molecule has 0 saturated heterocycles. The Hall–Kier alpha value is -1.89. The minimum absolute atomic E-state index is 0.0333. The Balaban J connectivity index is 1.95. The molecule has 2 rings (SSSR count). The van der Waals surface area contributed by atoms with Gasteiger partial charge in [-0.25, -0.2) is 0 Å². The van der Waals surface area contributed by atoms with E-state index < -0.39 is 16.7 Å². The van der Waals surface area contributed by atoms with Gasteiger partial charge in [0.15, 0.2) is 5.76 Å². The second kappa shape index (κ2) is 6.04. The van der Waals surface area contributed by atoms with Gasteiger partial charge < -0.3 is 14.8 Å². The van der Waals surface area contributed by atoms with Crippen LogP contribution in [0, 0.1) is 15.5 Å². The van der Waals surface area contributed by atoms with Gasteiger partial charge in [-0.1, -0.05) is 19.3 Å². The van der Waals surface area contributed by atoms with Crippen LogP contribution in [0.15, 0.2) is 16.5 Å². The standard InChI is InChI=1S/C13H18N2O5/c16-9-13(6-2-1-3-7-13)8-14-12(17)10-4-5-11(20-10)15(18)19/h4-5,16H,1-3,6-9H2,(H,14,17). The van der Waals surface area contributed by atoms with Crippen LogP contribution in [0.4, 0.5) is 5.88 Å². The van der Waals surface area contributed by atoms with Gasteiger partial charge in [-0.2, -0.15) is 0 Å². The van der Waals surface area contributed by atoms with Gasteiger partial charge in [0, 0.05) is 12.0 Å². The molecule has 0 radical (unpaired) electrons. The summed E-state index contributed by atoms with van der Waals surface area (Å²) in [6.45, 7) is 0.391. The first-order valence-electron chi connectivity index (χ1n) is 6.70. The van der Waals surface area contributed by atoms with Crippen LogP contribution in [-0.2, 0) is 0 Å². The molecule has 0 unspecified atom stereocenters. The fraction of sp³-hybridized carbons (Fsp3) is 0.615. The van der Waals surface area contributed by atoms with E-state index >= 15 is 0 Å². The van der Waals surface area contributed by atoms with E-state index in [0.717, 1.165) is 38.2 Å². The maximum atomic E-state index is 11.9. The summed E-state index contributed by atoms with van der Waals surface area (Å²) in [5.74, 6) is -1.03. The van der Waals surface area contributed by atoms with E-state index in [0.29, 0.717) is 6.54 Å². The Bertz CT molecular complexity index is 491. The topological polar surface area (TPSA) is 106 Å². The quantitative estimate of drug-likeness (QED) is 0.633. The molecule has 1 saturated carbocycles. The summed E-state index contributed by atoms with van der Waals surface area (Å²) < 4.78 is 4.84. The molecule has 1 amide bonds. The maximum absolute atomic E-state index is 11.9. The van der Waals surface area contributed by atoms with Gasteiger partial charge in [-0.05, 0) is 18.9 Å². The molecule has 1 aromatic rings. The Kier molecular flexibility index (Phi) is 4.39. The van der Waals surface area contributed by atoms with Gasteiger partial charge in [0.25, 0.3) is 5.91 Å². The van der Waals surface area contributed by atoms with E-state index in [1.807, 2.05) is 0 Å². The van der Waals surface area contributed by atoms with Crippen molar-refractivity contribution in [3.63, 3.8) is 0 Å². The molecule has 7 nitrogen and oxygen atoms in total. The summed E-state index contributed by atoms with van der Waals surface area (Å²) in [6.07, 6.45) is 5.00. The number of hydrogen-bond acceptors (Lipinski definition) is 5. The van der Waals surface area contributed by atoms with Crippen LogP contribution < -0.4 is 5.32 Å². The molecule has 1 aliphatic rings. The fourth-order valence-corrected chi connectivity index (χ4v) is 2.60. The average molecular weight is 282 g/mol. The van der Waals surface area contributed by atoms with Crippen molar-refractivity contribution in [1.29, 1.82) is 0 Å². The number of nitro groups is 1. The van der Waals surface area contributed by atoms with Gasteiger partial charge in [-0.3, -0.25) is 14.9 Å². The number of aliphatic hydroxyl groups is 1. The molecular weight excluding hydrogens is 264 g/mol. The molecular formula is C13H18N2O5. The van der Waals surface area contributed by atoms with E-state index in [1.54, 1.807) is 0 Å². The second-order valence-corrected chi connectivity index (χ2v) is 5.30. The highest BCUT2D eigenvalue weighted by molar-refractivity contribution is 5.91. The Labute approximate surface area is 116 Å². The molecule has 0 spiro atoms. The van der Waals surface area contributed by atoms with Gasteiger partial charge in [-0.15, -0.1) is 0 Å². The van der Waals surface area contributed by atoms with Crippen molar-refractivity contribution in [3.8, 4) is 0 Å². The normalized spacial score (nSPS) is 17.6. The molecule has 2 N–H and O–H groups in total. The third-order valence-corrected chi connectivity index (χ3v) is 3.87. The van der Waals surface area contributed by atoms with Crippen LogP contribution in [-0.4, -0.2) is 29.1 Å². The van der Waals surface area contributed by atoms with Gasteiger partial charge >= 0.3 is 5.88 Å². The number of hydrogen-bond donors (Lipinski definition) is 2. The number of rotatable bonds is 5. The summed E-state index contributed by atoms with van der Waals surface area (Å²) in [5, 5.41) is 22.7. The van der Waals surface area contributed by atoms with Crippen LogP contribution in [0.3, 0.4) is 0 Å².